The lowest BCUT2D eigenvalue weighted by atomic mass is 9.92. The zero-order chi connectivity index (χ0) is 23.8. The molecule has 8 nitrogen and oxygen atoms in total. The molecule has 0 aliphatic carbocycles. The minimum Gasteiger partial charge on any atom is -0.356 e. The number of ether oxygens (including phenoxy) is 1. The molecule has 2 aromatic carbocycles. The summed E-state index contributed by atoms with van der Waals surface area (Å²) in [6, 6.07) is 16.9. The number of benzene rings is 2. The molecular weight excluding hydrogens is 434 g/mol. The second-order valence-corrected chi connectivity index (χ2v) is 8.77. The number of carbonyl (C=O) groups excluding carboxylic acids is 4. The second-order valence-electron chi connectivity index (χ2n) is 8.77. The van der Waals surface area contributed by atoms with Crippen molar-refractivity contribution in [2.75, 3.05) is 13.2 Å². The van der Waals surface area contributed by atoms with E-state index in [9.17, 15) is 19.2 Å². The van der Waals surface area contributed by atoms with E-state index >= 15 is 0 Å². The number of piperazine rings is 1. The van der Waals surface area contributed by atoms with Gasteiger partial charge in [-0.1, -0.05) is 60.7 Å². The zero-order valence-corrected chi connectivity index (χ0v) is 18.7. The van der Waals surface area contributed by atoms with Gasteiger partial charge in [-0.3, -0.25) is 19.2 Å². The molecule has 8 heteroatoms. The van der Waals surface area contributed by atoms with E-state index in [1.54, 1.807) is 4.90 Å². The highest BCUT2D eigenvalue weighted by atomic mass is 16.5. The summed E-state index contributed by atoms with van der Waals surface area (Å²) in [5, 5.41) is 2.91. The van der Waals surface area contributed by atoms with Crippen molar-refractivity contribution in [3.63, 3.8) is 0 Å². The highest BCUT2D eigenvalue weighted by Gasteiger charge is 2.51. The molecule has 3 atom stereocenters. The first kappa shape index (κ1) is 22.0. The van der Waals surface area contributed by atoms with Crippen LogP contribution < -0.4 is 5.32 Å². The Labute approximate surface area is 197 Å². The topological polar surface area (TPSA) is 96.0 Å². The third-order valence-electron chi connectivity index (χ3n) is 6.62. The number of carbonyl (C=O) groups is 4. The molecule has 2 fully saturated rings. The molecule has 2 aromatic rings. The van der Waals surface area contributed by atoms with Gasteiger partial charge in [-0.25, -0.2) is 0 Å². The van der Waals surface area contributed by atoms with Gasteiger partial charge in [-0.05, 0) is 24.5 Å². The molecule has 0 spiro atoms. The van der Waals surface area contributed by atoms with E-state index in [2.05, 4.69) is 5.32 Å². The SMILES string of the molecule is C[C@@H]1CCO[C@H]2CN3C=C(C(=O)NC(c4ccccc4)c4ccccc4)C(=O)C(=O)C3C(=O)N12. The largest absolute Gasteiger partial charge is 0.356 e. The van der Waals surface area contributed by atoms with Crippen LogP contribution in [0.4, 0.5) is 0 Å². The van der Waals surface area contributed by atoms with Crippen LogP contribution in [-0.4, -0.2) is 64.6 Å². The minimum atomic E-state index is -1.25. The number of ketones is 2. The Morgan fingerprint density at radius 2 is 1.62 bits per heavy atom. The van der Waals surface area contributed by atoms with Crippen molar-refractivity contribution in [2.24, 2.45) is 0 Å². The van der Waals surface area contributed by atoms with E-state index in [4.69, 9.17) is 4.74 Å². The first-order chi connectivity index (χ1) is 16.5. The molecule has 1 N–H and O–H groups in total. The average Bonchev–Trinajstić information content (AvgIpc) is 2.85. The predicted molar refractivity (Wildman–Crippen MR) is 122 cm³/mol. The number of amides is 2. The Morgan fingerprint density at radius 3 is 2.24 bits per heavy atom. The normalized spacial score (nSPS) is 24.5. The highest BCUT2D eigenvalue weighted by Crippen LogP contribution is 2.30. The molecule has 34 heavy (non-hydrogen) atoms. The fourth-order valence-electron chi connectivity index (χ4n) is 4.84. The van der Waals surface area contributed by atoms with Gasteiger partial charge >= 0.3 is 0 Å². The van der Waals surface area contributed by atoms with Gasteiger partial charge in [-0.15, -0.1) is 0 Å². The summed E-state index contributed by atoms with van der Waals surface area (Å²) in [6.07, 6.45) is 1.49. The van der Waals surface area contributed by atoms with Gasteiger partial charge in [0.05, 0.1) is 19.2 Å². The average molecular weight is 460 g/mol. The predicted octanol–water partition coefficient (Wildman–Crippen LogP) is 1.58. The van der Waals surface area contributed by atoms with E-state index in [0.29, 0.717) is 13.0 Å². The fourth-order valence-corrected chi connectivity index (χ4v) is 4.84. The monoisotopic (exact) mass is 459 g/mol. The second kappa shape index (κ2) is 8.87. The number of fused-ring (bicyclic) bond motifs is 2. The van der Waals surface area contributed by atoms with E-state index in [1.165, 1.54) is 11.1 Å². The van der Waals surface area contributed by atoms with Crippen LogP contribution in [0.5, 0.6) is 0 Å². The van der Waals surface area contributed by atoms with Crippen molar-refractivity contribution in [1.29, 1.82) is 0 Å². The molecular formula is C26H25N3O5. The van der Waals surface area contributed by atoms with Gasteiger partial charge < -0.3 is 19.9 Å². The van der Waals surface area contributed by atoms with Gasteiger partial charge in [0.25, 0.3) is 11.8 Å². The fraction of sp³-hybridized carbons (Fsp3) is 0.308. The van der Waals surface area contributed by atoms with E-state index in [0.717, 1.165) is 11.1 Å². The lowest BCUT2D eigenvalue weighted by Gasteiger charge is -2.49. The Kier molecular flexibility index (Phi) is 5.75. The first-order valence-corrected chi connectivity index (χ1v) is 11.4. The van der Waals surface area contributed by atoms with Gasteiger partial charge in [0.2, 0.25) is 11.6 Å². The van der Waals surface area contributed by atoms with Crippen LogP contribution in [0.25, 0.3) is 0 Å². The van der Waals surface area contributed by atoms with Crippen molar-refractivity contribution in [3.8, 4) is 0 Å². The molecule has 174 valence electrons. The Hall–Kier alpha value is -3.78. The first-order valence-electron chi connectivity index (χ1n) is 11.4. The molecule has 3 aliphatic rings. The lowest BCUT2D eigenvalue weighted by molar-refractivity contribution is -0.185. The van der Waals surface area contributed by atoms with Crippen molar-refractivity contribution >= 4 is 23.4 Å². The molecule has 0 saturated carbocycles. The molecule has 2 saturated heterocycles. The number of hydrogen-bond donors (Lipinski definition) is 1. The van der Waals surface area contributed by atoms with Crippen molar-refractivity contribution < 1.29 is 23.9 Å². The molecule has 5 rings (SSSR count). The van der Waals surface area contributed by atoms with Crippen molar-refractivity contribution in [2.45, 2.75) is 37.7 Å². The maximum Gasteiger partial charge on any atom is 0.257 e. The zero-order valence-electron chi connectivity index (χ0n) is 18.7. The van der Waals surface area contributed by atoms with Gasteiger partial charge in [0, 0.05) is 12.2 Å². The molecule has 3 heterocycles. The summed E-state index contributed by atoms with van der Waals surface area (Å²) in [6.45, 7) is 2.63. The van der Waals surface area contributed by atoms with Crippen LogP contribution in [0.3, 0.4) is 0 Å². The summed E-state index contributed by atoms with van der Waals surface area (Å²) in [5.74, 6) is -2.95. The minimum absolute atomic E-state index is 0.0810. The number of nitrogens with zero attached hydrogens (tertiary/aromatic N) is 2. The van der Waals surface area contributed by atoms with E-state index in [1.807, 2.05) is 67.6 Å². The Morgan fingerprint density at radius 1 is 1.00 bits per heavy atom. The maximum atomic E-state index is 13.3. The third kappa shape index (κ3) is 3.80. The molecule has 0 aromatic heterocycles. The number of Topliss-reactive ketones (excluding diaryl/α,β-unsaturated/α-hetero) is 2. The standard InChI is InChI=1S/C26H25N3O5/c1-16-12-13-34-20-15-28-14-19(23(30)24(31)22(28)26(33)29(16)20)25(32)27-21(17-8-4-2-5-9-17)18-10-6-3-7-11-18/h2-11,14,16,20-22H,12-13,15H2,1H3,(H,27,32)/t16-,20+,22?/m1/s1. The molecule has 0 bridgehead atoms. The lowest BCUT2D eigenvalue weighted by Crippen LogP contribution is -2.69. The van der Waals surface area contributed by atoms with Crippen LogP contribution in [0.2, 0.25) is 0 Å². The Bertz CT molecular complexity index is 1120. The van der Waals surface area contributed by atoms with Crippen LogP contribution in [0.15, 0.2) is 72.4 Å². The summed E-state index contributed by atoms with van der Waals surface area (Å²) in [7, 11) is 0. The number of hydrogen-bond acceptors (Lipinski definition) is 6. The molecule has 1 unspecified atom stereocenters. The summed E-state index contributed by atoms with van der Waals surface area (Å²) >= 11 is 0. The maximum absolute atomic E-state index is 13.3. The molecule has 3 aliphatic heterocycles. The summed E-state index contributed by atoms with van der Waals surface area (Å²) in [4.78, 5) is 55.4. The van der Waals surface area contributed by atoms with Gasteiger partial charge in [-0.2, -0.15) is 0 Å². The number of nitrogens with one attached hydrogen (secondary N) is 1. The van der Waals surface area contributed by atoms with Crippen LogP contribution in [0.1, 0.15) is 30.5 Å². The quantitative estimate of drug-likeness (QED) is 0.424. The third-order valence-corrected chi connectivity index (χ3v) is 6.62. The van der Waals surface area contributed by atoms with Gasteiger partial charge in [0.15, 0.2) is 6.04 Å². The van der Waals surface area contributed by atoms with Gasteiger partial charge in [0.1, 0.15) is 11.8 Å². The smallest absolute Gasteiger partial charge is 0.257 e. The molecule has 2 amide bonds. The Balaban J connectivity index is 1.45. The van der Waals surface area contributed by atoms with Crippen LogP contribution >= 0.6 is 0 Å². The van der Waals surface area contributed by atoms with Crippen molar-refractivity contribution in [1.82, 2.24) is 15.1 Å². The summed E-state index contributed by atoms with van der Waals surface area (Å²) in [5.41, 5.74) is 1.40. The van der Waals surface area contributed by atoms with Crippen LogP contribution in [-0.2, 0) is 23.9 Å². The van der Waals surface area contributed by atoms with Crippen LogP contribution in [0, 0.1) is 0 Å². The van der Waals surface area contributed by atoms with Crippen molar-refractivity contribution in [3.05, 3.63) is 83.6 Å². The summed E-state index contributed by atoms with van der Waals surface area (Å²) < 4.78 is 5.75. The number of rotatable bonds is 4. The molecule has 0 radical (unpaired) electrons. The van der Waals surface area contributed by atoms with E-state index in [-0.39, 0.29) is 18.2 Å². The highest BCUT2D eigenvalue weighted by molar-refractivity contribution is 6.54. The van der Waals surface area contributed by atoms with E-state index < -0.39 is 41.7 Å².